The Morgan fingerprint density at radius 1 is 1.09 bits per heavy atom. The predicted molar refractivity (Wildman–Crippen MR) is 120 cm³/mol. The topological polar surface area (TPSA) is 58.8 Å². The lowest BCUT2D eigenvalue weighted by atomic mass is 9.96. The van der Waals surface area contributed by atoms with Gasteiger partial charge in [0.05, 0.1) is 5.56 Å². The van der Waals surface area contributed by atoms with Crippen LogP contribution in [0, 0.1) is 13.8 Å². The van der Waals surface area contributed by atoms with Crippen molar-refractivity contribution in [2.24, 2.45) is 5.73 Å². The van der Waals surface area contributed by atoms with E-state index < -0.39 is 11.7 Å². The Kier molecular flexibility index (Phi) is 6.42. The lowest BCUT2D eigenvalue weighted by Gasteiger charge is -2.38. The average molecular weight is 462 g/mol. The SMILES string of the molecule is Cc1c(OCCN)ccc(C(C)N2C[C@@H]3C[C@H]2CN3C(=O)c2ccc(C(F)(F)F)cc2)c1C. The van der Waals surface area contributed by atoms with Crippen molar-refractivity contribution in [2.45, 2.75) is 51.5 Å². The molecule has 2 bridgehead atoms. The highest BCUT2D eigenvalue weighted by Crippen LogP contribution is 2.39. The van der Waals surface area contributed by atoms with E-state index in [4.69, 9.17) is 10.5 Å². The summed E-state index contributed by atoms with van der Waals surface area (Å²) in [5.41, 5.74) is 8.64. The van der Waals surface area contributed by atoms with Crippen LogP contribution in [0.5, 0.6) is 5.75 Å². The Labute approximate surface area is 192 Å². The molecule has 8 heteroatoms. The molecule has 3 atom stereocenters. The molecule has 0 aliphatic carbocycles. The summed E-state index contributed by atoms with van der Waals surface area (Å²) in [5, 5.41) is 0. The number of likely N-dealkylation sites (tertiary alicyclic amines) is 2. The lowest BCUT2D eigenvalue weighted by Crippen LogP contribution is -2.49. The third-order valence-corrected chi connectivity index (χ3v) is 7.11. The first-order valence-electron chi connectivity index (χ1n) is 11.3. The van der Waals surface area contributed by atoms with E-state index in [0.717, 1.165) is 36.4 Å². The number of carbonyl (C=O) groups is 1. The smallest absolute Gasteiger partial charge is 0.416 e. The van der Waals surface area contributed by atoms with Gasteiger partial charge in [0.25, 0.3) is 5.91 Å². The molecule has 2 aliphatic rings. The summed E-state index contributed by atoms with van der Waals surface area (Å²) in [6.07, 6.45) is -3.53. The fraction of sp³-hybridized carbons (Fsp3) is 0.480. The van der Waals surface area contributed by atoms with Crippen molar-refractivity contribution in [1.29, 1.82) is 0 Å². The van der Waals surface area contributed by atoms with Gasteiger partial charge in [0, 0.05) is 43.3 Å². The number of halogens is 3. The Morgan fingerprint density at radius 2 is 1.79 bits per heavy atom. The number of amides is 1. The summed E-state index contributed by atoms with van der Waals surface area (Å²) >= 11 is 0. The second kappa shape index (κ2) is 8.99. The number of hydrogen-bond acceptors (Lipinski definition) is 4. The molecule has 0 saturated carbocycles. The Bertz CT molecular complexity index is 1020. The van der Waals surface area contributed by atoms with Gasteiger partial charge in [0.2, 0.25) is 0 Å². The van der Waals surface area contributed by atoms with Gasteiger partial charge in [-0.3, -0.25) is 9.69 Å². The molecule has 178 valence electrons. The molecule has 2 heterocycles. The molecule has 2 fully saturated rings. The highest BCUT2D eigenvalue weighted by molar-refractivity contribution is 5.94. The highest BCUT2D eigenvalue weighted by atomic mass is 19.4. The van der Waals surface area contributed by atoms with E-state index in [0.29, 0.717) is 25.3 Å². The van der Waals surface area contributed by atoms with E-state index in [9.17, 15) is 18.0 Å². The van der Waals surface area contributed by atoms with Crippen LogP contribution in [0.3, 0.4) is 0 Å². The number of alkyl halides is 3. The molecule has 2 N–H and O–H groups in total. The molecule has 0 aromatic heterocycles. The zero-order chi connectivity index (χ0) is 23.9. The zero-order valence-electron chi connectivity index (χ0n) is 19.2. The standard InChI is InChI=1S/C25H30F3N3O2/c1-15-16(2)23(33-11-10-29)9-8-22(15)17(3)30-13-21-12-20(30)14-31(21)24(32)18-4-6-19(7-5-18)25(26,27)28/h4-9,17,20-21H,10-14,29H2,1-3H3/t17?,20-,21-/m0/s1. The van der Waals surface area contributed by atoms with Crippen LogP contribution in [-0.4, -0.2) is 54.0 Å². The minimum atomic E-state index is -4.41. The van der Waals surface area contributed by atoms with E-state index in [1.165, 1.54) is 23.3 Å². The van der Waals surface area contributed by atoms with Crippen molar-refractivity contribution in [2.75, 3.05) is 26.2 Å². The summed E-state index contributed by atoms with van der Waals surface area (Å²) in [5.74, 6) is 0.655. The van der Waals surface area contributed by atoms with Gasteiger partial charge in [0.15, 0.2) is 0 Å². The number of benzene rings is 2. The van der Waals surface area contributed by atoms with Gasteiger partial charge in [-0.25, -0.2) is 0 Å². The molecule has 2 aliphatic heterocycles. The number of fused-ring (bicyclic) bond motifs is 2. The van der Waals surface area contributed by atoms with E-state index in [1.807, 2.05) is 11.0 Å². The molecule has 2 aromatic carbocycles. The van der Waals surface area contributed by atoms with Crippen LogP contribution in [0.25, 0.3) is 0 Å². The van der Waals surface area contributed by atoms with Crippen molar-refractivity contribution in [1.82, 2.24) is 9.80 Å². The summed E-state index contributed by atoms with van der Waals surface area (Å²) in [6.45, 7) is 8.63. The van der Waals surface area contributed by atoms with Crippen molar-refractivity contribution in [3.63, 3.8) is 0 Å². The van der Waals surface area contributed by atoms with Crippen LogP contribution in [0.4, 0.5) is 13.2 Å². The number of hydrogen-bond donors (Lipinski definition) is 1. The van der Waals surface area contributed by atoms with Gasteiger partial charge in [-0.1, -0.05) is 6.07 Å². The minimum Gasteiger partial charge on any atom is -0.492 e. The molecule has 2 saturated heterocycles. The Hall–Kier alpha value is -2.58. The number of carbonyl (C=O) groups excluding carboxylic acids is 1. The average Bonchev–Trinajstić information content (AvgIpc) is 3.40. The quantitative estimate of drug-likeness (QED) is 0.696. The Morgan fingerprint density at radius 3 is 2.36 bits per heavy atom. The van der Waals surface area contributed by atoms with Crippen molar-refractivity contribution >= 4 is 5.91 Å². The summed E-state index contributed by atoms with van der Waals surface area (Å²) in [4.78, 5) is 17.2. The number of piperazine rings is 1. The molecule has 1 amide bonds. The third-order valence-electron chi connectivity index (χ3n) is 7.11. The first-order chi connectivity index (χ1) is 15.6. The van der Waals surface area contributed by atoms with Crippen LogP contribution in [0.15, 0.2) is 36.4 Å². The number of nitrogens with zero attached hydrogens (tertiary/aromatic N) is 2. The van der Waals surface area contributed by atoms with Crippen LogP contribution < -0.4 is 10.5 Å². The number of ether oxygens (including phenoxy) is 1. The van der Waals surface area contributed by atoms with E-state index in [2.05, 4.69) is 31.7 Å². The van der Waals surface area contributed by atoms with Gasteiger partial charge >= 0.3 is 6.18 Å². The first kappa shape index (κ1) is 23.6. The summed E-state index contributed by atoms with van der Waals surface area (Å²) in [6, 6.07) is 9.09. The van der Waals surface area contributed by atoms with E-state index >= 15 is 0 Å². The zero-order valence-corrected chi connectivity index (χ0v) is 19.2. The molecular formula is C25H30F3N3O2. The van der Waals surface area contributed by atoms with Crippen LogP contribution in [0.1, 0.15) is 52.0 Å². The van der Waals surface area contributed by atoms with Gasteiger partial charge in [-0.2, -0.15) is 13.2 Å². The van der Waals surface area contributed by atoms with Crippen molar-refractivity contribution in [3.8, 4) is 5.75 Å². The summed E-state index contributed by atoms with van der Waals surface area (Å²) in [7, 11) is 0. The second-order valence-electron chi connectivity index (χ2n) is 8.99. The minimum absolute atomic E-state index is 0.0702. The fourth-order valence-electron chi connectivity index (χ4n) is 5.16. The van der Waals surface area contributed by atoms with E-state index in [-0.39, 0.29) is 24.0 Å². The molecule has 0 radical (unpaired) electrons. The maximum absolute atomic E-state index is 13.0. The van der Waals surface area contributed by atoms with Crippen LogP contribution >= 0.6 is 0 Å². The molecule has 1 unspecified atom stereocenters. The fourth-order valence-corrected chi connectivity index (χ4v) is 5.16. The Balaban J connectivity index is 1.44. The molecule has 5 nitrogen and oxygen atoms in total. The normalized spacial score (nSPS) is 21.5. The molecule has 2 aromatic rings. The van der Waals surface area contributed by atoms with E-state index in [1.54, 1.807) is 0 Å². The maximum Gasteiger partial charge on any atom is 0.416 e. The number of rotatable bonds is 6. The molecule has 4 rings (SSSR count). The van der Waals surface area contributed by atoms with Gasteiger partial charge in [0.1, 0.15) is 12.4 Å². The molecule has 33 heavy (non-hydrogen) atoms. The van der Waals surface area contributed by atoms with Crippen molar-refractivity contribution < 1.29 is 22.7 Å². The van der Waals surface area contributed by atoms with Crippen LogP contribution in [-0.2, 0) is 6.18 Å². The largest absolute Gasteiger partial charge is 0.492 e. The second-order valence-corrected chi connectivity index (χ2v) is 8.99. The first-order valence-corrected chi connectivity index (χ1v) is 11.3. The van der Waals surface area contributed by atoms with Gasteiger partial charge < -0.3 is 15.4 Å². The molecular weight excluding hydrogens is 431 g/mol. The predicted octanol–water partition coefficient (Wildman–Crippen LogP) is 4.32. The van der Waals surface area contributed by atoms with Crippen LogP contribution in [0.2, 0.25) is 0 Å². The monoisotopic (exact) mass is 461 g/mol. The van der Waals surface area contributed by atoms with Gasteiger partial charge in [-0.05, 0) is 74.2 Å². The maximum atomic E-state index is 13.0. The third kappa shape index (κ3) is 4.46. The lowest BCUT2D eigenvalue weighted by molar-refractivity contribution is -0.137. The summed E-state index contributed by atoms with van der Waals surface area (Å²) < 4.78 is 44.2. The van der Waals surface area contributed by atoms with Gasteiger partial charge in [-0.15, -0.1) is 0 Å². The number of nitrogens with two attached hydrogens (primary N) is 1. The highest BCUT2D eigenvalue weighted by Gasteiger charge is 2.47. The molecule has 0 spiro atoms. The van der Waals surface area contributed by atoms with Crippen molar-refractivity contribution in [3.05, 3.63) is 64.2 Å².